The van der Waals surface area contributed by atoms with Gasteiger partial charge in [0.2, 0.25) is 5.75 Å². The molecule has 0 amide bonds. The molecule has 2 aromatic carbocycles. The molecular weight excluding hydrogens is 390 g/mol. The zero-order valence-electron chi connectivity index (χ0n) is 17.5. The molecule has 0 aliphatic carbocycles. The van der Waals surface area contributed by atoms with E-state index in [1.807, 2.05) is 24.3 Å². The van der Waals surface area contributed by atoms with Crippen LogP contribution in [0.2, 0.25) is 0 Å². The minimum absolute atomic E-state index is 0.183. The fourth-order valence-corrected chi connectivity index (χ4v) is 3.99. The SMILES string of the molecule is COc1cc2c(cc1OC)[C@H](c1cc(OC)c(OC)c(OC)c1)C1=C(COC1=O)N2. The molecule has 0 saturated heterocycles. The van der Waals surface area contributed by atoms with Crippen molar-refractivity contribution in [2.75, 3.05) is 47.5 Å². The van der Waals surface area contributed by atoms with E-state index in [1.165, 1.54) is 0 Å². The van der Waals surface area contributed by atoms with Gasteiger partial charge in [-0.15, -0.1) is 0 Å². The first-order valence-corrected chi connectivity index (χ1v) is 9.29. The van der Waals surface area contributed by atoms with Crippen molar-refractivity contribution >= 4 is 11.7 Å². The Balaban J connectivity index is 1.97. The van der Waals surface area contributed by atoms with Crippen molar-refractivity contribution < 1.29 is 33.2 Å². The van der Waals surface area contributed by atoms with Crippen molar-refractivity contribution in [3.05, 3.63) is 46.7 Å². The summed E-state index contributed by atoms with van der Waals surface area (Å²) in [5, 5.41) is 3.31. The molecule has 0 saturated carbocycles. The number of rotatable bonds is 6. The number of carbonyl (C=O) groups is 1. The Bertz CT molecular complexity index is 1020. The summed E-state index contributed by atoms with van der Waals surface area (Å²) < 4.78 is 32.8. The van der Waals surface area contributed by atoms with Crippen molar-refractivity contribution in [1.29, 1.82) is 0 Å². The van der Waals surface area contributed by atoms with Crippen molar-refractivity contribution in [3.63, 3.8) is 0 Å². The molecule has 2 aliphatic rings. The molecule has 0 aromatic heterocycles. The predicted molar refractivity (Wildman–Crippen MR) is 109 cm³/mol. The molecule has 8 heteroatoms. The number of ether oxygens (including phenoxy) is 6. The molecule has 2 aliphatic heterocycles. The van der Waals surface area contributed by atoms with E-state index in [0.717, 1.165) is 22.5 Å². The monoisotopic (exact) mass is 413 g/mol. The van der Waals surface area contributed by atoms with Gasteiger partial charge < -0.3 is 33.7 Å². The summed E-state index contributed by atoms with van der Waals surface area (Å²) in [5.74, 6) is 1.85. The maximum atomic E-state index is 12.6. The number of fused-ring (bicyclic) bond motifs is 1. The number of benzene rings is 2. The van der Waals surface area contributed by atoms with Gasteiger partial charge in [0.1, 0.15) is 6.61 Å². The van der Waals surface area contributed by atoms with Gasteiger partial charge in [-0.2, -0.15) is 0 Å². The van der Waals surface area contributed by atoms with Crippen molar-refractivity contribution in [2.24, 2.45) is 0 Å². The normalized spacial score (nSPS) is 16.8. The van der Waals surface area contributed by atoms with E-state index in [1.54, 1.807) is 35.5 Å². The summed E-state index contributed by atoms with van der Waals surface area (Å²) in [4.78, 5) is 12.6. The van der Waals surface area contributed by atoms with Crippen LogP contribution in [0, 0.1) is 0 Å². The highest BCUT2D eigenvalue weighted by atomic mass is 16.5. The predicted octanol–water partition coefficient (Wildman–Crippen LogP) is 3.10. The largest absolute Gasteiger partial charge is 0.493 e. The number of methoxy groups -OCH3 is 5. The van der Waals surface area contributed by atoms with Gasteiger partial charge in [-0.25, -0.2) is 4.79 Å². The molecule has 158 valence electrons. The highest BCUT2D eigenvalue weighted by Gasteiger charge is 2.39. The van der Waals surface area contributed by atoms with E-state index in [9.17, 15) is 4.79 Å². The first-order valence-electron chi connectivity index (χ1n) is 9.29. The lowest BCUT2D eigenvalue weighted by Gasteiger charge is -2.29. The van der Waals surface area contributed by atoms with Gasteiger partial charge in [0.05, 0.1) is 46.8 Å². The number of hydrogen-bond donors (Lipinski definition) is 1. The summed E-state index contributed by atoms with van der Waals surface area (Å²) in [6.07, 6.45) is 0. The molecule has 2 aromatic rings. The number of esters is 1. The van der Waals surface area contributed by atoms with Crippen LogP contribution >= 0.6 is 0 Å². The van der Waals surface area contributed by atoms with Crippen LogP contribution in [0.4, 0.5) is 5.69 Å². The van der Waals surface area contributed by atoms with Crippen molar-refractivity contribution in [1.82, 2.24) is 0 Å². The fourth-order valence-electron chi connectivity index (χ4n) is 3.99. The standard InChI is InChI=1S/C22H23NO7/c1-25-15-8-12-13(9-16(15)26-2)23-14-10-30-22(24)20(14)19(12)11-6-17(27-3)21(29-5)18(7-11)28-4/h6-9,19,23H,10H2,1-5H3/t19-/m0/s1. The van der Waals surface area contributed by atoms with Crippen LogP contribution < -0.4 is 29.0 Å². The van der Waals surface area contributed by atoms with Crippen LogP contribution in [0.1, 0.15) is 17.0 Å². The lowest BCUT2D eigenvalue weighted by molar-refractivity contribution is -0.136. The molecule has 4 rings (SSSR count). The molecule has 0 spiro atoms. The summed E-state index contributed by atoms with van der Waals surface area (Å²) >= 11 is 0. The molecule has 8 nitrogen and oxygen atoms in total. The Morgan fingerprint density at radius 1 is 0.833 bits per heavy atom. The lowest BCUT2D eigenvalue weighted by atomic mass is 9.80. The first kappa shape index (κ1) is 19.8. The number of hydrogen-bond acceptors (Lipinski definition) is 8. The van der Waals surface area contributed by atoms with Gasteiger partial charge in [0.15, 0.2) is 23.0 Å². The quantitative estimate of drug-likeness (QED) is 0.724. The van der Waals surface area contributed by atoms with Crippen molar-refractivity contribution in [3.8, 4) is 28.7 Å². The van der Waals surface area contributed by atoms with Gasteiger partial charge in [0, 0.05) is 17.7 Å². The zero-order valence-corrected chi connectivity index (χ0v) is 17.5. The first-order chi connectivity index (χ1) is 14.6. The maximum absolute atomic E-state index is 12.6. The van der Waals surface area contributed by atoms with Gasteiger partial charge >= 0.3 is 5.97 Å². The number of carbonyl (C=O) groups excluding carboxylic acids is 1. The Hall–Kier alpha value is -3.55. The average Bonchev–Trinajstić information content (AvgIpc) is 3.15. The third-order valence-corrected chi connectivity index (χ3v) is 5.35. The van der Waals surface area contributed by atoms with Crippen LogP contribution in [0.15, 0.2) is 35.5 Å². The Kier molecular flexibility index (Phi) is 5.07. The topological polar surface area (TPSA) is 84.5 Å². The Labute approximate surface area is 174 Å². The van der Waals surface area contributed by atoms with E-state index in [4.69, 9.17) is 28.4 Å². The van der Waals surface area contributed by atoms with E-state index < -0.39 is 5.92 Å². The highest BCUT2D eigenvalue weighted by molar-refractivity contribution is 5.97. The molecule has 1 atom stereocenters. The van der Waals surface area contributed by atoms with Crippen LogP contribution in [0.3, 0.4) is 0 Å². The summed E-state index contributed by atoms with van der Waals surface area (Å²) in [6, 6.07) is 7.40. The summed E-state index contributed by atoms with van der Waals surface area (Å²) in [6.45, 7) is 0.183. The second-order valence-electron chi connectivity index (χ2n) is 6.78. The van der Waals surface area contributed by atoms with Gasteiger partial charge in [-0.1, -0.05) is 0 Å². The van der Waals surface area contributed by atoms with Gasteiger partial charge in [0.25, 0.3) is 0 Å². The molecule has 0 unspecified atom stereocenters. The minimum Gasteiger partial charge on any atom is -0.493 e. The van der Waals surface area contributed by atoms with Gasteiger partial charge in [-0.05, 0) is 29.3 Å². The Morgan fingerprint density at radius 3 is 2.00 bits per heavy atom. The van der Waals surface area contributed by atoms with E-state index in [-0.39, 0.29) is 12.6 Å². The van der Waals surface area contributed by atoms with Gasteiger partial charge in [-0.3, -0.25) is 0 Å². The number of nitrogens with one attached hydrogen (secondary N) is 1. The molecule has 0 fully saturated rings. The molecule has 0 bridgehead atoms. The molecule has 2 heterocycles. The smallest absolute Gasteiger partial charge is 0.337 e. The third-order valence-electron chi connectivity index (χ3n) is 5.35. The minimum atomic E-state index is -0.417. The van der Waals surface area contributed by atoms with E-state index in [2.05, 4.69) is 5.32 Å². The van der Waals surface area contributed by atoms with Crippen LogP contribution in [-0.4, -0.2) is 48.1 Å². The van der Waals surface area contributed by atoms with Crippen LogP contribution in [0.25, 0.3) is 0 Å². The lowest BCUT2D eigenvalue weighted by Crippen LogP contribution is -2.20. The summed E-state index contributed by atoms with van der Waals surface area (Å²) in [7, 11) is 7.81. The maximum Gasteiger partial charge on any atom is 0.337 e. The molecular formula is C22H23NO7. The van der Waals surface area contributed by atoms with E-state index in [0.29, 0.717) is 34.3 Å². The highest BCUT2D eigenvalue weighted by Crippen LogP contribution is 2.50. The molecule has 30 heavy (non-hydrogen) atoms. The average molecular weight is 413 g/mol. The van der Waals surface area contributed by atoms with Crippen molar-refractivity contribution in [2.45, 2.75) is 5.92 Å². The third kappa shape index (κ3) is 2.96. The molecule has 0 radical (unpaired) electrons. The second-order valence-corrected chi connectivity index (χ2v) is 6.78. The Morgan fingerprint density at radius 2 is 1.43 bits per heavy atom. The zero-order chi connectivity index (χ0) is 21.4. The van der Waals surface area contributed by atoms with Crippen LogP contribution in [0.5, 0.6) is 28.7 Å². The van der Waals surface area contributed by atoms with Crippen LogP contribution in [-0.2, 0) is 9.53 Å². The summed E-state index contributed by atoms with van der Waals surface area (Å²) in [5.41, 5.74) is 3.72. The molecule has 1 N–H and O–H groups in total. The number of anilines is 1. The second kappa shape index (κ2) is 7.70. The fraction of sp³-hybridized carbons (Fsp3) is 0.318. The van der Waals surface area contributed by atoms with E-state index >= 15 is 0 Å². The number of cyclic esters (lactones) is 1.